The van der Waals surface area contributed by atoms with Crippen molar-refractivity contribution in [2.75, 3.05) is 25.5 Å². The Bertz CT molecular complexity index is 521. The van der Waals surface area contributed by atoms with Crippen LogP contribution in [0.25, 0.3) is 0 Å². The predicted octanol–water partition coefficient (Wildman–Crippen LogP) is -0.266. The summed E-state index contributed by atoms with van der Waals surface area (Å²) in [6.07, 6.45) is 0. The summed E-state index contributed by atoms with van der Waals surface area (Å²) in [5.74, 6) is -1.62. The number of hydrogen-bond acceptors (Lipinski definition) is 4. The lowest BCUT2D eigenvalue weighted by molar-refractivity contribution is -0.127. The molecular weight excluding hydrogens is 253 g/mol. The van der Waals surface area contributed by atoms with E-state index in [-0.39, 0.29) is 24.4 Å². The molecule has 1 aromatic carbocycles. The van der Waals surface area contributed by atoms with Gasteiger partial charge in [0.2, 0.25) is 5.91 Å². The lowest BCUT2D eigenvalue weighted by atomic mass is 10.1. The number of carbonyl (C=O) groups excluding carboxylic acids is 2. The second-order valence-electron chi connectivity index (χ2n) is 4.22. The highest BCUT2D eigenvalue weighted by molar-refractivity contribution is 6.01. The van der Waals surface area contributed by atoms with Crippen molar-refractivity contribution in [3.63, 3.8) is 0 Å². The Kier molecular flexibility index (Phi) is 3.66. The van der Waals surface area contributed by atoms with E-state index in [0.717, 1.165) is 12.1 Å². The molecule has 0 aliphatic carbocycles. The first-order chi connectivity index (χ1) is 9.00. The zero-order chi connectivity index (χ0) is 14.0. The van der Waals surface area contributed by atoms with Gasteiger partial charge in [0, 0.05) is 12.2 Å². The van der Waals surface area contributed by atoms with Gasteiger partial charge in [-0.2, -0.15) is 0 Å². The third kappa shape index (κ3) is 2.65. The van der Waals surface area contributed by atoms with E-state index in [4.69, 9.17) is 16.2 Å². The normalized spacial score (nSPS) is 19.2. The summed E-state index contributed by atoms with van der Waals surface area (Å²) in [5.41, 5.74) is 11.0. The fraction of sp³-hybridized carbons (Fsp3) is 0.333. The molecule has 102 valence electrons. The van der Waals surface area contributed by atoms with Gasteiger partial charge in [0.05, 0.1) is 18.8 Å². The van der Waals surface area contributed by atoms with Gasteiger partial charge in [0.1, 0.15) is 11.9 Å². The molecule has 0 radical (unpaired) electrons. The Hall–Kier alpha value is -2.15. The lowest BCUT2D eigenvalue weighted by Crippen LogP contribution is -2.54. The maximum atomic E-state index is 13.0. The molecule has 1 aromatic rings. The van der Waals surface area contributed by atoms with E-state index in [0.29, 0.717) is 6.61 Å². The largest absolute Gasteiger partial charge is 0.398 e. The number of benzene rings is 1. The lowest BCUT2D eigenvalue weighted by Gasteiger charge is -2.33. The summed E-state index contributed by atoms with van der Waals surface area (Å²) < 4.78 is 18.1. The maximum absolute atomic E-state index is 13.0. The maximum Gasteiger partial charge on any atom is 0.256 e. The molecule has 1 aliphatic rings. The van der Waals surface area contributed by atoms with Crippen LogP contribution in [0, 0.1) is 5.82 Å². The Labute approximate surface area is 109 Å². The van der Waals surface area contributed by atoms with E-state index >= 15 is 0 Å². The second-order valence-corrected chi connectivity index (χ2v) is 4.22. The summed E-state index contributed by atoms with van der Waals surface area (Å²) in [6.45, 7) is 0.613. The Morgan fingerprint density at radius 1 is 1.42 bits per heavy atom. The summed E-state index contributed by atoms with van der Waals surface area (Å²) in [5, 5.41) is 0. The number of amides is 2. The van der Waals surface area contributed by atoms with Crippen molar-refractivity contribution in [2.24, 2.45) is 5.73 Å². The molecule has 1 atom stereocenters. The van der Waals surface area contributed by atoms with Crippen LogP contribution in [-0.2, 0) is 9.53 Å². The van der Waals surface area contributed by atoms with Crippen LogP contribution in [0.1, 0.15) is 10.4 Å². The van der Waals surface area contributed by atoms with Gasteiger partial charge < -0.3 is 21.1 Å². The van der Waals surface area contributed by atoms with Crippen molar-refractivity contribution < 1.29 is 18.7 Å². The van der Waals surface area contributed by atoms with E-state index in [1.165, 1.54) is 11.0 Å². The number of nitrogens with zero attached hydrogens (tertiary/aromatic N) is 1. The van der Waals surface area contributed by atoms with E-state index in [9.17, 15) is 14.0 Å². The number of halogens is 1. The molecule has 4 N–H and O–H groups in total. The molecule has 1 aliphatic heterocycles. The van der Waals surface area contributed by atoms with Crippen LogP contribution in [0.2, 0.25) is 0 Å². The van der Waals surface area contributed by atoms with Gasteiger partial charge in [-0.3, -0.25) is 9.59 Å². The summed E-state index contributed by atoms with van der Waals surface area (Å²) >= 11 is 0. The SMILES string of the molecule is NC(=O)C1COCCN1C(=O)c1ccc(F)cc1N. The summed E-state index contributed by atoms with van der Waals surface area (Å²) in [4.78, 5) is 24.9. The van der Waals surface area contributed by atoms with Crippen LogP contribution in [0.15, 0.2) is 18.2 Å². The first kappa shape index (κ1) is 13.3. The van der Waals surface area contributed by atoms with Crippen molar-refractivity contribution in [1.29, 1.82) is 0 Å². The fourth-order valence-corrected chi connectivity index (χ4v) is 1.97. The van der Waals surface area contributed by atoms with E-state index in [1.807, 2.05) is 0 Å². The fourth-order valence-electron chi connectivity index (χ4n) is 1.97. The van der Waals surface area contributed by atoms with Gasteiger partial charge in [-0.15, -0.1) is 0 Å². The van der Waals surface area contributed by atoms with Gasteiger partial charge in [-0.1, -0.05) is 0 Å². The van der Waals surface area contributed by atoms with Gasteiger partial charge in [-0.05, 0) is 18.2 Å². The first-order valence-electron chi connectivity index (χ1n) is 5.73. The Morgan fingerprint density at radius 3 is 2.79 bits per heavy atom. The van der Waals surface area contributed by atoms with Crippen LogP contribution in [0.5, 0.6) is 0 Å². The van der Waals surface area contributed by atoms with E-state index in [1.54, 1.807) is 0 Å². The third-order valence-electron chi connectivity index (χ3n) is 2.96. The quantitative estimate of drug-likeness (QED) is 0.721. The molecule has 0 saturated carbocycles. The standard InChI is InChI=1S/C12H14FN3O3/c13-7-1-2-8(9(14)5-7)12(18)16-3-4-19-6-10(16)11(15)17/h1-2,5,10H,3-4,6,14H2,(H2,15,17). The highest BCUT2D eigenvalue weighted by Crippen LogP contribution is 2.18. The molecular formula is C12H14FN3O3. The number of rotatable bonds is 2. The molecule has 0 bridgehead atoms. The number of hydrogen-bond donors (Lipinski definition) is 2. The van der Waals surface area contributed by atoms with E-state index < -0.39 is 23.7 Å². The van der Waals surface area contributed by atoms with Crippen LogP contribution in [0.3, 0.4) is 0 Å². The molecule has 1 unspecified atom stereocenters. The molecule has 2 amide bonds. The van der Waals surface area contributed by atoms with Gasteiger partial charge in [0.25, 0.3) is 5.91 Å². The first-order valence-corrected chi connectivity index (χ1v) is 5.73. The van der Waals surface area contributed by atoms with Gasteiger partial charge in [0.15, 0.2) is 0 Å². The van der Waals surface area contributed by atoms with Crippen LogP contribution in [0.4, 0.5) is 10.1 Å². The minimum absolute atomic E-state index is 0.0275. The molecule has 19 heavy (non-hydrogen) atoms. The average Bonchev–Trinajstić information content (AvgIpc) is 2.38. The smallest absolute Gasteiger partial charge is 0.256 e. The van der Waals surface area contributed by atoms with Crippen LogP contribution >= 0.6 is 0 Å². The zero-order valence-corrected chi connectivity index (χ0v) is 10.1. The molecule has 1 saturated heterocycles. The van der Waals surface area contributed by atoms with Crippen molar-refractivity contribution >= 4 is 17.5 Å². The topological polar surface area (TPSA) is 98.7 Å². The minimum Gasteiger partial charge on any atom is -0.398 e. The molecule has 1 fully saturated rings. The molecule has 6 nitrogen and oxygen atoms in total. The number of morpholine rings is 1. The number of nitrogen functional groups attached to an aromatic ring is 1. The highest BCUT2D eigenvalue weighted by Gasteiger charge is 2.32. The molecule has 2 rings (SSSR count). The zero-order valence-electron chi connectivity index (χ0n) is 10.1. The van der Waals surface area contributed by atoms with Gasteiger partial charge >= 0.3 is 0 Å². The highest BCUT2D eigenvalue weighted by atomic mass is 19.1. The second kappa shape index (κ2) is 5.23. The number of ether oxygens (including phenoxy) is 1. The predicted molar refractivity (Wildman–Crippen MR) is 65.7 cm³/mol. The van der Waals surface area contributed by atoms with E-state index in [2.05, 4.69) is 0 Å². The molecule has 0 aromatic heterocycles. The number of anilines is 1. The average molecular weight is 267 g/mol. The van der Waals surface area contributed by atoms with Crippen LogP contribution < -0.4 is 11.5 Å². The number of nitrogens with two attached hydrogens (primary N) is 2. The summed E-state index contributed by atoms with van der Waals surface area (Å²) in [7, 11) is 0. The van der Waals surface area contributed by atoms with Gasteiger partial charge in [-0.25, -0.2) is 4.39 Å². The number of primary amides is 1. The van der Waals surface area contributed by atoms with Crippen molar-refractivity contribution in [1.82, 2.24) is 4.90 Å². The third-order valence-corrected chi connectivity index (χ3v) is 2.96. The Morgan fingerprint density at radius 2 is 2.16 bits per heavy atom. The number of carbonyl (C=O) groups is 2. The van der Waals surface area contributed by atoms with Crippen molar-refractivity contribution in [3.8, 4) is 0 Å². The van der Waals surface area contributed by atoms with Crippen molar-refractivity contribution in [2.45, 2.75) is 6.04 Å². The monoisotopic (exact) mass is 267 g/mol. The van der Waals surface area contributed by atoms with Crippen LogP contribution in [-0.4, -0.2) is 42.5 Å². The summed E-state index contributed by atoms with van der Waals surface area (Å²) in [6, 6.07) is 2.67. The Balaban J connectivity index is 2.28. The molecule has 0 spiro atoms. The minimum atomic E-state index is -0.828. The van der Waals surface area contributed by atoms with Crippen molar-refractivity contribution in [3.05, 3.63) is 29.6 Å². The molecule has 7 heteroatoms. The molecule has 1 heterocycles.